The minimum Gasteiger partial charge on any atom is -0.357 e. The molecule has 0 aromatic carbocycles. The molecule has 138 valence electrons. The van der Waals surface area contributed by atoms with Crippen molar-refractivity contribution < 1.29 is 13.2 Å². The number of alkyl halides is 3. The van der Waals surface area contributed by atoms with Crippen molar-refractivity contribution in [3.8, 4) is 0 Å². The van der Waals surface area contributed by atoms with Crippen molar-refractivity contribution in [1.82, 2.24) is 15.5 Å². The molecule has 1 aliphatic rings. The number of aliphatic imine (C=N–C) groups is 1. The van der Waals surface area contributed by atoms with E-state index in [4.69, 9.17) is 0 Å². The molecule has 1 rings (SSSR count). The zero-order valence-corrected chi connectivity index (χ0v) is 17.1. The van der Waals surface area contributed by atoms with Crippen LogP contribution in [0.3, 0.4) is 0 Å². The fourth-order valence-corrected chi connectivity index (χ4v) is 3.53. The maximum absolute atomic E-state index is 12.2. The molecule has 0 aliphatic carbocycles. The van der Waals surface area contributed by atoms with Gasteiger partial charge in [-0.25, -0.2) is 0 Å². The van der Waals surface area contributed by atoms with Crippen molar-refractivity contribution in [2.45, 2.75) is 37.6 Å². The summed E-state index contributed by atoms with van der Waals surface area (Å²) in [6, 6.07) is 0. The lowest BCUT2D eigenvalue weighted by Crippen LogP contribution is -2.43. The Bertz CT molecular complexity index is 360. The van der Waals surface area contributed by atoms with E-state index in [1.165, 1.54) is 24.1 Å². The topological polar surface area (TPSA) is 39.7 Å². The van der Waals surface area contributed by atoms with Crippen LogP contribution in [0.1, 0.15) is 26.7 Å². The lowest BCUT2D eigenvalue weighted by molar-refractivity contribution is -0.142. The zero-order chi connectivity index (χ0) is 16.6. The van der Waals surface area contributed by atoms with Gasteiger partial charge in [0, 0.05) is 24.4 Å². The van der Waals surface area contributed by atoms with Crippen LogP contribution >= 0.6 is 35.7 Å². The Kier molecular flexibility index (Phi) is 10.9. The summed E-state index contributed by atoms with van der Waals surface area (Å²) in [7, 11) is 1.47. The Labute approximate surface area is 158 Å². The number of hydrogen-bond donors (Lipinski definition) is 2. The van der Waals surface area contributed by atoms with Gasteiger partial charge in [-0.05, 0) is 39.5 Å². The average molecular weight is 468 g/mol. The molecular weight excluding hydrogens is 440 g/mol. The highest BCUT2D eigenvalue weighted by Crippen LogP contribution is 2.37. The Morgan fingerprint density at radius 1 is 1.35 bits per heavy atom. The quantitative estimate of drug-likeness (QED) is 0.343. The van der Waals surface area contributed by atoms with Gasteiger partial charge in [0.2, 0.25) is 0 Å². The molecule has 1 fully saturated rings. The third-order valence-electron chi connectivity index (χ3n) is 3.45. The molecule has 1 atom stereocenters. The molecule has 0 bridgehead atoms. The standard InChI is InChI=1S/C14H27F3N4S.HI/c1-4-18-12(20-10-13(2)6-5-9-22-13)19-7-8-21(3)11-14(15,16)17;/h4-11H2,1-3H3,(H2,18,19,20);1H. The van der Waals surface area contributed by atoms with E-state index in [-0.39, 0.29) is 28.7 Å². The number of nitrogens with one attached hydrogen (secondary N) is 2. The van der Waals surface area contributed by atoms with Crippen LogP contribution in [0.5, 0.6) is 0 Å². The second-order valence-electron chi connectivity index (χ2n) is 5.88. The highest BCUT2D eigenvalue weighted by molar-refractivity contribution is 14.0. The molecule has 4 nitrogen and oxygen atoms in total. The number of guanidine groups is 1. The molecule has 0 amide bonds. The van der Waals surface area contributed by atoms with Gasteiger partial charge >= 0.3 is 6.18 Å². The van der Waals surface area contributed by atoms with Gasteiger partial charge in [0.05, 0.1) is 13.1 Å². The number of thioether (sulfide) groups is 1. The number of rotatable bonds is 7. The monoisotopic (exact) mass is 468 g/mol. The van der Waals surface area contributed by atoms with Crippen LogP contribution in [0.2, 0.25) is 0 Å². The number of halogens is 4. The van der Waals surface area contributed by atoms with E-state index >= 15 is 0 Å². The molecular formula is C14H28F3IN4S. The summed E-state index contributed by atoms with van der Waals surface area (Å²) in [5.41, 5.74) is 0. The van der Waals surface area contributed by atoms with Crippen LogP contribution < -0.4 is 10.6 Å². The van der Waals surface area contributed by atoms with Crippen molar-refractivity contribution in [3.63, 3.8) is 0 Å². The van der Waals surface area contributed by atoms with E-state index in [0.29, 0.717) is 19.0 Å². The van der Waals surface area contributed by atoms with Crippen molar-refractivity contribution in [3.05, 3.63) is 0 Å². The first-order chi connectivity index (χ1) is 10.2. The molecule has 9 heteroatoms. The van der Waals surface area contributed by atoms with Crippen molar-refractivity contribution in [2.24, 2.45) is 4.99 Å². The summed E-state index contributed by atoms with van der Waals surface area (Å²) in [6.45, 7) is 5.50. The highest BCUT2D eigenvalue weighted by Gasteiger charge is 2.30. The Morgan fingerprint density at radius 2 is 2.04 bits per heavy atom. The van der Waals surface area contributed by atoms with Crippen molar-refractivity contribution >= 4 is 41.7 Å². The number of nitrogens with zero attached hydrogens (tertiary/aromatic N) is 2. The molecule has 1 heterocycles. The molecule has 0 spiro atoms. The molecule has 2 N–H and O–H groups in total. The van der Waals surface area contributed by atoms with E-state index in [0.717, 1.165) is 19.5 Å². The number of hydrogen-bond acceptors (Lipinski definition) is 3. The average Bonchev–Trinajstić information content (AvgIpc) is 2.81. The second kappa shape index (κ2) is 10.9. The van der Waals surface area contributed by atoms with Gasteiger partial charge < -0.3 is 10.6 Å². The maximum Gasteiger partial charge on any atom is 0.401 e. The minimum atomic E-state index is -4.15. The summed E-state index contributed by atoms with van der Waals surface area (Å²) >= 11 is 1.94. The van der Waals surface area contributed by atoms with E-state index in [2.05, 4.69) is 22.5 Å². The molecule has 0 aromatic heterocycles. The van der Waals surface area contributed by atoms with E-state index < -0.39 is 12.7 Å². The molecule has 1 aliphatic heterocycles. The summed E-state index contributed by atoms with van der Waals surface area (Å²) in [5, 5.41) is 6.23. The first-order valence-electron chi connectivity index (χ1n) is 7.65. The summed E-state index contributed by atoms with van der Waals surface area (Å²) < 4.78 is 36.9. The first-order valence-corrected chi connectivity index (χ1v) is 8.64. The predicted molar refractivity (Wildman–Crippen MR) is 103 cm³/mol. The summed E-state index contributed by atoms with van der Waals surface area (Å²) in [6.07, 6.45) is -1.76. The highest BCUT2D eigenvalue weighted by atomic mass is 127. The van der Waals surface area contributed by atoms with Crippen molar-refractivity contribution in [1.29, 1.82) is 0 Å². The van der Waals surface area contributed by atoms with Gasteiger partial charge in [-0.3, -0.25) is 9.89 Å². The fourth-order valence-electron chi connectivity index (χ4n) is 2.30. The smallest absolute Gasteiger partial charge is 0.357 e. The lowest BCUT2D eigenvalue weighted by Gasteiger charge is -2.22. The largest absolute Gasteiger partial charge is 0.401 e. The van der Waals surface area contributed by atoms with Gasteiger partial charge in [-0.15, -0.1) is 24.0 Å². The van der Waals surface area contributed by atoms with E-state index in [9.17, 15) is 13.2 Å². The lowest BCUT2D eigenvalue weighted by atomic mass is 10.1. The Balaban J connectivity index is 0.00000484. The van der Waals surface area contributed by atoms with Gasteiger partial charge in [-0.1, -0.05) is 0 Å². The molecule has 1 saturated heterocycles. The molecule has 0 saturated carbocycles. The minimum absolute atomic E-state index is 0. The van der Waals surface area contributed by atoms with Crippen LogP contribution in [0.4, 0.5) is 13.2 Å². The Morgan fingerprint density at radius 3 is 2.57 bits per heavy atom. The van der Waals surface area contributed by atoms with Gasteiger partial charge in [0.1, 0.15) is 0 Å². The van der Waals surface area contributed by atoms with Gasteiger partial charge in [0.25, 0.3) is 0 Å². The molecule has 0 radical (unpaired) electrons. The van der Waals surface area contributed by atoms with Crippen molar-refractivity contribution in [2.75, 3.05) is 45.5 Å². The Hall–Kier alpha value is 0.1000. The van der Waals surface area contributed by atoms with Crippen LogP contribution in [-0.4, -0.2) is 67.3 Å². The first kappa shape index (κ1) is 23.1. The van der Waals surface area contributed by atoms with Gasteiger partial charge in [-0.2, -0.15) is 24.9 Å². The fraction of sp³-hybridized carbons (Fsp3) is 0.929. The number of likely N-dealkylation sites (N-methyl/N-ethyl adjacent to an activating group) is 1. The zero-order valence-electron chi connectivity index (χ0n) is 14.0. The normalized spacial score (nSPS) is 22.1. The third kappa shape index (κ3) is 10.5. The third-order valence-corrected chi connectivity index (χ3v) is 4.97. The molecule has 0 aromatic rings. The molecule has 1 unspecified atom stereocenters. The van der Waals surface area contributed by atoms with Crippen LogP contribution in [-0.2, 0) is 0 Å². The van der Waals surface area contributed by atoms with Crippen LogP contribution in [0, 0.1) is 0 Å². The second-order valence-corrected chi connectivity index (χ2v) is 7.56. The maximum atomic E-state index is 12.2. The molecule has 23 heavy (non-hydrogen) atoms. The van der Waals surface area contributed by atoms with Crippen LogP contribution in [0.25, 0.3) is 0 Å². The predicted octanol–water partition coefficient (Wildman–Crippen LogP) is 2.94. The summed E-state index contributed by atoms with van der Waals surface area (Å²) in [4.78, 5) is 5.83. The SMILES string of the molecule is CCNC(=NCC1(C)CCCS1)NCCN(C)CC(F)(F)F.I. The van der Waals surface area contributed by atoms with Gasteiger partial charge in [0.15, 0.2) is 5.96 Å². The van der Waals surface area contributed by atoms with E-state index in [1.54, 1.807) is 0 Å². The van der Waals surface area contributed by atoms with E-state index in [1.807, 2.05) is 18.7 Å². The summed E-state index contributed by atoms with van der Waals surface area (Å²) in [5.74, 6) is 1.86. The van der Waals surface area contributed by atoms with Crippen LogP contribution in [0.15, 0.2) is 4.99 Å².